The molecule has 0 saturated carbocycles. The molecule has 0 aliphatic heterocycles. The van der Waals surface area contributed by atoms with E-state index in [-0.39, 0.29) is 0 Å². The van der Waals surface area contributed by atoms with Gasteiger partial charge in [-0.3, -0.25) is 4.79 Å². The molecule has 0 spiro atoms. The van der Waals surface area contributed by atoms with Crippen LogP contribution in [0.3, 0.4) is 0 Å². The molecule has 1 aromatic carbocycles. The summed E-state index contributed by atoms with van der Waals surface area (Å²) >= 11 is 1.25. The fourth-order valence-corrected chi connectivity index (χ4v) is 2.68. The van der Waals surface area contributed by atoms with Crippen LogP contribution in [0.2, 0.25) is 0 Å². The first-order chi connectivity index (χ1) is 11.7. The predicted octanol–water partition coefficient (Wildman–Crippen LogP) is 2.42. The number of ether oxygens (including phenoxy) is 3. The van der Waals surface area contributed by atoms with Gasteiger partial charge in [0.05, 0.1) is 13.7 Å². The molecule has 128 valence electrons. The quantitative estimate of drug-likeness (QED) is 0.585. The van der Waals surface area contributed by atoms with Gasteiger partial charge in [0.1, 0.15) is 10.6 Å². The van der Waals surface area contributed by atoms with E-state index >= 15 is 0 Å². The van der Waals surface area contributed by atoms with Crippen molar-refractivity contribution in [2.45, 2.75) is 6.10 Å². The highest BCUT2D eigenvalue weighted by Crippen LogP contribution is 2.29. The van der Waals surface area contributed by atoms with Gasteiger partial charge in [-0.15, -0.1) is 11.3 Å². The Hall–Kier alpha value is -2.38. The molecule has 1 aromatic heterocycles. The third-order valence-corrected chi connectivity index (χ3v) is 4.06. The van der Waals surface area contributed by atoms with Gasteiger partial charge in [0.15, 0.2) is 0 Å². The third-order valence-electron chi connectivity index (χ3n) is 3.21. The summed E-state index contributed by atoms with van der Waals surface area (Å²) < 4.78 is 15.7. The van der Waals surface area contributed by atoms with E-state index < -0.39 is 18.0 Å². The standard InChI is InChI=1S/C17H19NO5S/c1-21-10-9-18-16(19)15(12-6-3-4-7-13(12)22-2)23-17(20)14-8-5-11-24-14/h3-8,11,15H,9-10H2,1-2H3,(H,18,19)/t15-/m0/s1. The Morgan fingerprint density at radius 3 is 2.62 bits per heavy atom. The Labute approximate surface area is 144 Å². The first-order valence-electron chi connectivity index (χ1n) is 7.31. The molecule has 7 heteroatoms. The van der Waals surface area contributed by atoms with Crippen LogP contribution in [0, 0.1) is 0 Å². The van der Waals surface area contributed by atoms with E-state index in [4.69, 9.17) is 14.2 Å². The number of carbonyl (C=O) groups is 2. The van der Waals surface area contributed by atoms with Gasteiger partial charge in [0.2, 0.25) is 6.10 Å². The van der Waals surface area contributed by atoms with Gasteiger partial charge in [0.25, 0.3) is 5.91 Å². The highest BCUT2D eigenvalue weighted by molar-refractivity contribution is 7.11. The first kappa shape index (κ1) is 18.0. The molecule has 1 N–H and O–H groups in total. The highest BCUT2D eigenvalue weighted by atomic mass is 32.1. The van der Waals surface area contributed by atoms with Crippen LogP contribution in [0.5, 0.6) is 5.75 Å². The minimum atomic E-state index is -1.10. The number of carbonyl (C=O) groups excluding carboxylic acids is 2. The van der Waals surface area contributed by atoms with Crippen molar-refractivity contribution in [1.29, 1.82) is 0 Å². The highest BCUT2D eigenvalue weighted by Gasteiger charge is 2.28. The second kappa shape index (κ2) is 9.05. The van der Waals surface area contributed by atoms with Gasteiger partial charge in [-0.25, -0.2) is 4.79 Å². The molecule has 1 heterocycles. The number of nitrogens with one attached hydrogen (secondary N) is 1. The van der Waals surface area contributed by atoms with Gasteiger partial charge >= 0.3 is 5.97 Å². The normalized spacial score (nSPS) is 11.6. The van der Waals surface area contributed by atoms with E-state index in [0.29, 0.717) is 29.3 Å². The topological polar surface area (TPSA) is 73.9 Å². The number of para-hydroxylation sites is 1. The maximum absolute atomic E-state index is 12.5. The maximum Gasteiger partial charge on any atom is 0.349 e. The van der Waals surface area contributed by atoms with Crippen molar-refractivity contribution in [2.24, 2.45) is 0 Å². The van der Waals surface area contributed by atoms with E-state index in [1.165, 1.54) is 18.4 Å². The summed E-state index contributed by atoms with van der Waals surface area (Å²) in [5.41, 5.74) is 0.486. The third kappa shape index (κ3) is 4.56. The lowest BCUT2D eigenvalue weighted by Crippen LogP contribution is -2.34. The average Bonchev–Trinajstić information content (AvgIpc) is 3.14. The molecule has 0 unspecified atom stereocenters. The lowest BCUT2D eigenvalue weighted by molar-refractivity contribution is -0.130. The van der Waals surface area contributed by atoms with E-state index in [2.05, 4.69) is 5.32 Å². The van der Waals surface area contributed by atoms with Crippen molar-refractivity contribution >= 4 is 23.2 Å². The van der Waals surface area contributed by atoms with Crippen molar-refractivity contribution in [1.82, 2.24) is 5.32 Å². The summed E-state index contributed by atoms with van der Waals surface area (Å²) in [6.45, 7) is 0.681. The van der Waals surface area contributed by atoms with Crippen molar-refractivity contribution in [2.75, 3.05) is 27.4 Å². The molecule has 0 fully saturated rings. The minimum Gasteiger partial charge on any atom is -0.496 e. The van der Waals surface area contributed by atoms with Crippen LogP contribution in [0.4, 0.5) is 0 Å². The molecule has 6 nitrogen and oxygen atoms in total. The van der Waals surface area contributed by atoms with Crippen molar-refractivity contribution in [3.05, 3.63) is 52.2 Å². The summed E-state index contributed by atoms with van der Waals surface area (Å²) in [6.07, 6.45) is -1.10. The average molecular weight is 349 g/mol. The zero-order valence-electron chi connectivity index (χ0n) is 13.5. The van der Waals surface area contributed by atoms with Crippen molar-refractivity contribution < 1.29 is 23.8 Å². The maximum atomic E-state index is 12.5. The Balaban J connectivity index is 2.23. The fraction of sp³-hybridized carbons (Fsp3) is 0.294. The molecule has 2 aromatic rings. The van der Waals surface area contributed by atoms with Crippen molar-refractivity contribution in [3.63, 3.8) is 0 Å². The van der Waals surface area contributed by atoms with Crippen LogP contribution in [-0.4, -0.2) is 39.2 Å². The van der Waals surface area contributed by atoms with Crippen LogP contribution in [0.25, 0.3) is 0 Å². The summed E-state index contributed by atoms with van der Waals surface area (Å²) in [4.78, 5) is 25.2. The Kier molecular flexibility index (Phi) is 6.77. The molecule has 0 saturated heterocycles. The summed E-state index contributed by atoms with van der Waals surface area (Å²) in [6, 6.07) is 10.3. The lowest BCUT2D eigenvalue weighted by Gasteiger charge is -2.19. The van der Waals surface area contributed by atoms with Gasteiger partial charge in [-0.1, -0.05) is 24.3 Å². The molecular formula is C17H19NO5S. The molecule has 1 atom stereocenters. The first-order valence-corrected chi connectivity index (χ1v) is 8.19. The van der Waals surface area contributed by atoms with Crippen LogP contribution in [0.1, 0.15) is 21.3 Å². The number of hydrogen-bond acceptors (Lipinski definition) is 6. The second-order valence-corrected chi connectivity index (χ2v) is 5.74. The molecule has 1 amide bonds. The molecule has 0 aliphatic rings. The molecule has 24 heavy (non-hydrogen) atoms. The Morgan fingerprint density at radius 2 is 1.96 bits per heavy atom. The number of rotatable bonds is 8. The van der Waals surface area contributed by atoms with Crippen LogP contribution in [0.15, 0.2) is 41.8 Å². The van der Waals surface area contributed by atoms with Gasteiger partial charge in [0, 0.05) is 19.2 Å². The SMILES string of the molecule is COCCNC(=O)[C@@H](OC(=O)c1cccs1)c1ccccc1OC. The number of methoxy groups -OCH3 is 2. The van der Waals surface area contributed by atoms with Crippen LogP contribution in [-0.2, 0) is 14.3 Å². The van der Waals surface area contributed by atoms with E-state index in [1.807, 2.05) is 0 Å². The Morgan fingerprint density at radius 1 is 1.17 bits per heavy atom. The molecule has 0 bridgehead atoms. The predicted molar refractivity (Wildman–Crippen MR) is 90.4 cm³/mol. The van der Waals surface area contributed by atoms with Gasteiger partial charge in [-0.2, -0.15) is 0 Å². The van der Waals surface area contributed by atoms with Gasteiger partial charge in [-0.05, 0) is 17.5 Å². The summed E-state index contributed by atoms with van der Waals surface area (Å²) in [5, 5.41) is 4.46. The largest absolute Gasteiger partial charge is 0.496 e. The monoisotopic (exact) mass is 349 g/mol. The van der Waals surface area contributed by atoms with E-state index in [0.717, 1.165) is 0 Å². The molecule has 0 aliphatic carbocycles. The van der Waals surface area contributed by atoms with Crippen LogP contribution < -0.4 is 10.1 Å². The fourth-order valence-electron chi connectivity index (χ4n) is 2.07. The number of amides is 1. The number of thiophene rings is 1. The minimum absolute atomic E-state index is 0.317. The van der Waals surface area contributed by atoms with Gasteiger partial charge < -0.3 is 19.5 Å². The molecule has 2 rings (SSSR count). The zero-order chi connectivity index (χ0) is 17.4. The number of esters is 1. The van der Waals surface area contributed by atoms with E-state index in [1.54, 1.807) is 48.9 Å². The summed E-state index contributed by atoms with van der Waals surface area (Å²) in [7, 11) is 3.04. The second-order valence-electron chi connectivity index (χ2n) is 4.79. The van der Waals surface area contributed by atoms with E-state index in [9.17, 15) is 9.59 Å². The number of benzene rings is 1. The zero-order valence-corrected chi connectivity index (χ0v) is 14.3. The van der Waals surface area contributed by atoms with Crippen LogP contribution >= 0.6 is 11.3 Å². The summed E-state index contributed by atoms with van der Waals surface area (Å²) in [5.74, 6) is -0.507. The smallest absolute Gasteiger partial charge is 0.349 e. The number of hydrogen-bond donors (Lipinski definition) is 1. The lowest BCUT2D eigenvalue weighted by atomic mass is 10.1. The molecule has 0 radical (unpaired) electrons. The molecular weight excluding hydrogens is 330 g/mol. The Bertz CT molecular complexity index is 671. The van der Waals surface area contributed by atoms with Crippen molar-refractivity contribution in [3.8, 4) is 5.75 Å².